The van der Waals surface area contributed by atoms with Crippen LogP contribution >= 0.6 is 11.3 Å². The minimum absolute atomic E-state index is 0.0250. The zero-order chi connectivity index (χ0) is 22.6. The van der Waals surface area contributed by atoms with E-state index in [-0.39, 0.29) is 11.3 Å². The summed E-state index contributed by atoms with van der Waals surface area (Å²) in [6, 6.07) is 14.8. The molecule has 1 N–H and O–H groups in total. The first-order valence-electron chi connectivity index (χ1n) is 11.5. The second-order valence-corrected chi connectivity index (χ2v) is 10.4. The van der Waals surface area contributed by atoms with E-state index in [0.717, 1.165) is 23.4 Å². The van der Waals surface area contributed by atoms with Gasteiger partial charge >= 0.3 is 0 Å². The summed E-state index contributed by atoms with van der Waals surface area (Å²) in [5.74, 6) is 0.816. The van der Waals surface area contributed by atoms with Crippen molar-refractivity contribution in [2.45, 2.75) is 64.7 Å². The Hall–Kier alpha value is -2.66. The number of hydrogen-bond acceptors (Lipinski definition) is 4. The highest BCUT2D eigenvalue weighted by Crippen LogP contribution is 2.30. The Balaban J connectivity index is 1.23. The van der Waals surface area contributed by atoms with Crippen molar-refractivity contribution in [3.63, 3.8) is 0 Å². The summed E-state index contributed by atoms with van der Waals surface area (Å²) in [5.41, 5.74) is 6.39. The summed E-state index contributed by atoms with van der Waals surface area (Å²) in [7, 11) is 0. The predicted octanol–water partition coefficient (Wildman–Crippen LogP) is 6.78. The molecule has 0 radical (unpaired) electrons. The van der Waals surface area contributed by atoms with Crippen LogP contribution in [0.15, 0.2) is 47.8 Å². The largest absolute Gasteiger partial charge is 0.494 e. The van der Waals surface area contributed by atoms with E-state index < -0.39 is 0 Å². The SMILES string of the molecule is CC(C)(C)c1ccc(OCCCC(=O)Nc2nc(-c3ccc4c(c3)CCCC4)cs2)cc1. The van der Waals surface area contributed by atoms with Crippen LogP contribution < -0.4 is 10.1 Å². The van der Waals surface area contributed by atoms with Crippen molar-refractivity contribution >= 4 is 22.4 Å². The lowest BCUT2D eigenvalue weighted by Crippen LogP contribution is -2.13. The summed E-state index contributed by atoms with van der Waals surface area (Å²) < 4.78 is 5.79. The van der Waals surface area contributed by atoms with Crippen molar-refractivity contribution < 1.29 is 9.53 Å². The van der Waals surface area contributed by atoms with Crippen molar-refractivity contribution in [3.8, 4) is 17.0 Å². The van der Waals surface area contributed by atoms with Gasteiger partial charge in [0.15, 0.2) is 5.13 Å². The van der Waals surface area contributed by atoms with Gasteiger partial charge in [-0.2, -0.15) is 0 Å². The number of aromatic nitrogens is 1. The lowest BCUT2D eigenvalue weighted by Gasteiger charge is -2.19. The van der Waals surface area contributed by atoms with Gasteiger partial charge in [0, 0.05) is 17.4 Å². The van der Waals surface area contributed by atoms with Crippen molar-refractivity contribution in [2.24, 2.45) is 0 Å². The number of fused-ring (bicyclic) bond motifs is 1. The molecule has 1 aliphatic carbocycles. The molecule has 0 saturated carbocycles. The minimum Gasteiger partial charge on any atom is -0.494 e. The average molecular weight is 449 g/mol. The van der Waals surface area contributed by atoms with Crippen LogP contribution in [0, 0.1) is 0 Å². The van der Waals surface area contributed by atoms with Crippen LogP contribution in [-0.2, 0) is 23.1 Å². The maximum Gasteiger partial charge on any atom is 0.226 e. The number of benzene rings is 2. The first-order valence-corrected chi connectivity index (χ1v) is 12.4. The number of anilines is 1. The average Bonchev–Trinajstić information content (AvgIpc) is 3.24. The number of amides is 1. The second-order valence-electron chi connectivity index (χ2n) is 9.50. The molecule has 3 aromatic rings. The highest BCUT2D eigenvalue weighted by molar-refractivity contribution is 7.14. The molecule has 0 fully saturated rings. The Bertz CT molecular complexity index is 1060. The summed E-state index contributed by atoms with van der Waals surface area (Å²) in [4.78, 5) is 16.9. The molecule has 1 amide bonds. The number of nitrogens with zero attached hydrogens (tertiary/aromatic N) is 1. The standard InChI is InChI=1S/C27H32N2O2S/c1-27(2,3)22-12-14-23(15-13-22)31-16-6-9-25(30)29-26-28-24(18-32-26)21-11-10-19-7-4-5-8-20(19)17-21/h10-15,17-18H,4-9,16H2,1-3H3,(H,28,29,30). The van der Waals surface area contributed by atoms with Gasteiger partial charge in [-0.05, 0) is 72.4 Å². The monoisotopic (exact) mass is 448 g/mol. The van der Waals surface area contributed by atoms with Crippen LogP contribution in [-0.4, -0.2) is 17.5 Å². The van der Waals surface area contributed by atoms with Gasteiger partial charge in [0.25, 0.3) is 0 Å². The summed E-state index contributed by atoms with van der Waals surface area (Å²) in [6.45, 7) is 7.10. The zero-order valence-corrected chi connectivity index (χ0v) is 20.1. The van der Waals surface area contributed by atoms with E-state index in [1.54, 1.807) is 0 Å². The number of carbonyl (C=O) groups excluding carboxylic acids is 1. The topological polar surface area (TPSA) is 51.2 Å². The fourth-order valence-corrected chi connectivity index (χ4v) is 4.75. The van der Waals surface area contributed by atoms with E-state index in [4.69, 9.17) is 4.74 Å². The quantitative estimate of drug-likeness (QED) is 0.405. The fourth-order valence-electron chi connectivity index (χ4n) is 4.01. The van der Waals surface area contributed by atoms with Crippen LogP contribution in [0.3, 0.4) is 0 Å². The summed E-state index contributed by atoms with van der Waals surface area (Å²) >= 11 is 1.48. The molecule has 1 aliphatic rings. The zero-order valence-electron chi connectivity index (χ0n) is 19.2. The summed E-state index contributed by atoms with van der Waals surface area (Å²) in [5, 5.41) is 5.60. The maximum atomic E-state index is 12.3. The van der Waals surface area contributed by atoms with Crippen molar-refractivity contribution in [3.05, 3.63) is 64.5 Å². The number of rotatable bonds is 7. The Morgan fingerprint density at radius 3 is 2.56 bits per heavy atom. The van der Waals surface area contributed by atoms with Crippen LogP contribution in [0.2, 0.25) is 0 Å². The smallest absolute Gasteiger partial charge is 0.226 e. The van der Waals surface area contributed by atoms with E-state index >= 15 is 0 Å². The third-order valence-corrected chi connectivity index (χ3v) is 6.69. The predicted molar refractivity (Wildman–Crippen MR) is 133 cm³/mol. The van der Waals surface area contributed by atoms with E-state index in [2.05, 4.69) is 61.4 Å². The molecular formula is C27H32N2O2S. The number of ether oxygens (including phenoxy) is 1. The molecule has 4 nitrogen and oxygen atoms in total. The minimum atomic E-state index is -0.0250. The van der Waals surface area contributed by atoms with Gasteiger partial charge in [0.1, 0.15) is 5.75 Å². The highest BCUT2D eigenvalue weighted by atomic mass is 32.1. The normalized spacial score (nSPS) is 13.5. The van der Waals surface area contributed by atoms with Gasteiger partial charge in [-0.3, -0.25) is 4.79 Å². The molecule has 0 atom stereocenters. The molecule has 0 saturated heterocycles. The van der Waals surface area contributed by atoms with Crippen LogP contribution in [0.25, 0.3) is 11.3 Å². The maximum absolute atomic E-state index is 12.3. The Labute approximate surface area is 195 Å². The molecule has 0 aliphatic heterocycles. The molecule has 2 aromatic carbocycles. The molecule has 168 valence electrons. The van der Waals surface area contributed by atoms with E-state index in [1.807, 2.05) is 17.5 Å². The van der Waals surface area contributed by atoms with Gasteiger partial charge in [0.05, 0.1) is 12.3 Å². The van der Waals surface area contributed by atoms with Crippen LogP contribution in [0.1, 0.15) is 63.1 Å². The lowest BCUT2D eigenvalue weighted by molar-refractivity contribution is -0.116. The van der Waals surface area contributed by atoms with Gasteiger partial charge in [-0.25, -0.2) is 4.98 Å². The molecule has 0 unspecified atom stereocenters. The van der Waals surface area contributed by atoms with E-state index in [0.29, 0.717) is 24.6 Å². The van der Waals surface area contributed by atoms with Crippen LogP contribution in [0.5, 0.6) is 5.75 Å². The van der Waals surface area contributed by atoms with Gasteiger partial charge in [-0.1, -0.05) is 45.0 Å². The fraction of sp³-hybridized carbons (Fsp3) is 0.407. The number of aryl methyl sites for hydroxylation is 2. The lowest BCUT2D eigenvalue weighted by atomic mass is 9.87. The number of hydrogen-bond donors (Lipinski definition) is 1. The Kier molecular flexibility index (Phi) is 6.95. The van der Waals surface area contributed by atoms with Gasteiger partial charge in [-0.15, -0.1) is 11.3 Å². The van der Waals surface area contributed by atoms with Gasteiger partial charge < -0.3 is 10.1 Å². The molecule has 1 heterocycles. The molecule has 0 bridgehead atoms. The van der Waals surface area contributed by atoms with E-state index in [9.17, 15) is 4.79 Å². The molecule has 4 rings (SSSR count). The third-order valence-electron chi connectivity index (χ3n) is 5.93. The van der Waals surface area contributed by atoms with E-state index in [1.165, 1.54) is 47.3 Å². The van der Waals surface area contributed by atoms with Crippen molar-refractivity contribution in [1.82, 2.24) is 4.98 Å². The Morgan fingerprint density at radius 1 is 1.06 bits per heavy atom. The summed E-state index contributed by atoms with van der Waals surface area (Å²) in [6.07, 6.45) is 5.96. The first kappa shape index (κ1) is 22.5. The second kappa shape index (κ2) is 9.86. The molecule has 1 aromatic heterocycles. The number of nitrogens with one attached hydrogen (secondary N) is 1. The number of carbonyl (C=O) groups is 1. The molecule has 32 heavy (non-hydrogen) atoms. The highest BCUT2D eigenvalue weighted by Gasteiger charge is 2.14. The van der Waals surface area contributed by atoms with Crippen molar-refractivity contribution in [1.29, 1.82) is 0 Å². The third kappa shape index (κ3) is 5.77. The molecule has 5 heteroatoms. The molecular weight excluding hydrogens is 416 g/mol. The van der Waals surface area contributed by atoms with Gasteiger partial charge in [0.2, 0.25) is 5.91 Å². The number of thiazole rings is 1. The first-order chi connectivity index (χ1) is 15.4. The van der Waals surface area contributed by atoms with Crippen molar-refractivity contribution in [2.75, 3.05) is 11.9 Å². The molecule has 0 spiro atoms. The van der Waals surface area contributed by atoms with Crippen LogP contribution in [0.4, 0.5) is 5.13 Å². The Morgan fingerprint density at radius 2 is 1.81 bits per heavy atom.